The summed E-state index contributed by atoms with van der Waals surface area (Å²) >= 11 is 0. The van der Waals surface area contributed by atoms with Gasteiger partial charge in [0.15, 0.2) is 5.82 Å². The lowest BCUT2D eigenvalue weighted by Gasteiger charge is -2.35. The van der Waals surface area contributed by atoms with Crippen molar-refractivity contribution in [2.75, 3.05) is 36.5 Å². The average molecular weight is 300 g/mol. The fraction of sp³-hybridized carbons (Fsp3) is 0.538. The van der Waals surface area contributed by atoms with Crippen molar-refractivity contribution >= 4 is 17.4 Å². The average Bonchev–Trinajstić information content (AvgIpc) is 2.55. The minimum Gasteiger partial charge on any atom is -0.349 e. The number of aromatic nitrogens is 1. The third-order valence-corrected chi connectivity index (χ3v) is 3.94. The smallest absolute Gasteiger partial charge is 0.349 e. The fourth-order valence-electron chi connectivity index (χ4n) is 2.76. The molecule has 0 aliphatic carbocycles. The Morgan fingerprint density at radius 3 is 2.90 bits per heavy atom. The lowest BCUT2D eigenvalue weighted by atomic mass is 10.1. The van der Waals surface area contributed by atoms with Gasteiger partial charge in [-0.05, 0) is 6.07 Å². The zero-order chi connectivity index (χ0) is 15.2. The minimum atomic E-state index is -4.47. The van der Waals surface area contributed by atoms with E-state index in [4.69, 9.17) is 0 Å². The lowest BCUT2D eigenvalue weighted by molar-refractivity contribution is -0.137. The van der Waals surface area contributed by atoms with E-state index in [1.807, 2.05) is 4.90 Å². The zero-order valence-corrected chi connectivity index (χ0v) is 11.4. The topological polar surface area (TPSA) is 48.5 Å². The van der Waals surface area contributed by atoms with Gasteiger partial charge >= 0.3 is 6.18 Å². The molecule has 1 fully saturated rings. The summed E-state index contributed by atoms with van der Waals surface area (Å²) in [6.45, 7) is 1.97. The first kappa shape index (κ1) is 14.1. The molecule has 1 N–H and O–H groups in total. The molecule has 1 saturated heterocycles. The number of hydrogen-bond acceptors (Lipinski definition) is 4. The van der Waals surface area contributed by atoms with Crippen LogP contribution in [0.15, 0.2) is 12.3 Å². The Kier molecular flexibility index (Phi) is 3.27. The SMILES string of the molecule is CN1C(=O)CC2CNCCN2c2ncc(C(F)(F)F)cc21. The van der Waals surface area contributed by atoms with E-state index in [-0.39, 0.29) is 24.1 Å². The highest BCUT2D eigenvalue weighted by molar-refractivity contribution is 5.98. The van der Waals surface area contributed by atoms with Crippen molar-refractivity contribution in [3.63, 3.8) is 0 Å². The number of pyridine rings is 1. The Labute approximate surface area is 119 Å². The Bertz CT molecular complexity index is 575. The highest BCUT2D eigenvalue weighted by Crippen LogP contribution is 2.38. The molecule has 0 saturated carbocycles. The molecular formula is C13H15F3N4O. The molecule has 1 aromatic heterocycles. The maximum atomic E-state index is 12.8. The summed E-state index contributed by atoms with van der Waals surface area (Å²) in [6.07, 6.45) is -3.37. The Morgan fingerprint density at radius 2 is 2.19 bits per heavy atom. The molecule has 3 heterocycles. The molecule has 1 unspecified atom stereocenters. The van der Waals surface area contributed by atoms with Crippen molar-refractivity contribution in [3.8, 4) is 0 Å². The number of nitrogens with zero attached hydrogens (tertiary/aromatic N) is 3. The Morgan fingerprint density at radius 1 is 1.43 bits per heavy atom. The second-order valence-electron chi connectivity index (χ2n) is 5.27. The van der Waals surface area contributed by atoms with Gasteiger partial charge in [0.2, 0.25) is 5.91 Å². The van der Waals surface area contributed by atoms with E-state index < -0.39 is 11.7 Å². The summed E-state index contributed by atoms with van der Waals surface area (Å²) in [5.74, 6) is 0.247. The van der Waals surface area contributed by atoms with E-state index in [9.17, 15) is 18.0 Å². The summed E-state index contributed by atoms with van der Waals surface area (Å²) in [6, 6.07) is 0.934. The number of hydrogen-bond donors (Lipinski definition) is 1. The van der Waals surface area contributed by atoms with Crippen molar-refractivity contribution in [3.05, 3.63) is 17.8 Å². The molecule has 0 aromatic carbocycles. The first-order valence-electron chi connectivity index (χ1n) is 6.69. The fourth-order valence-corrected chi connectivity index (χ4v) is 2.76. The number of carbonyl (C=O) groups is 1. The van der Waals surface area contributed by atoms with Gasteiger partial charge in [-0.25, -0.2) is 4.98 Å². The molecule has 2 aliphatic heterocycles. The van der Waals surface area contributed by atoms with E-state index in [1.54, 1.807) is 0 Å². The van der Waals surface area contributed by atoms with E-state index in [2.05, 4.69) is 10.3 Å². The number of piperazine rings is 1. The number of fused-ring (bicyclic) bond motifs is 3. The molecule has 3 rings (SSSR count). The minimum absolute atomic E-state index is 0.0702. The first-order chi connectivity index (χ1) is 9.88. The van der Waals surface area contributed by atoms with Crippen LogP contribution in [-0.4, -0.2) is 43.6 Å². The molecule has 2 aliphatic rings. The molecule has 0 bridgehead atoms. The van der Waals surface area contributed by atoms with Gasteiger partial charge in [-0.15, -0.1) is 0 Å². The first-order valence-corrected chi connectivity index (χ1v) is 6.69. The van der Waals surface area contributed by atoms with Crippen molar-refractivity contribution in [1.29, 1.82) is 0 Å². The molecule has 1 atom stereocenters. The monoisotopic (exact) mass is 300 g/mol. The predicted octanol–water partition coefficient (Wildman–Crippen LogP) is 1.25. The highest BCUT2D eigenvalue weighted by atomic mass is 19.4. The van der Waals surface area contributed by atoms with Crippen LogP contribution in [0.25, 0.3) is 0 Å². The van der Waals surface area contributed by atoms with Crippen LogP contribution in [0.2, 0.25) is 0 Å². The number of halogens is 3. The maximum absolute atomic E-state index is 12.8. The van der Waals surface area contributed by atoms with Gasteiger partial charge in [0.1, 0.15) is 0 Å². The van der Waals surface area contributed by atoms with Crippen LogP contribution < -0.4 is 15.1 Å². The number of nitrogens with one attached hydrogen (secondary N) is 1. The molecule has 0 spiro atoms. The van der Waals surface area contributed by atoms with Crippen LogP contribution in [0.4, 0.5) is 24.7 Å². The van der Waals surface area contributed by atoms with Crippen molar-refractivity contribution in [1.82, 2.24) is 10.3 Å². The molecule has 0 radical (unpaired) electrons. The summed E-state index contributed by atoms with van der Waals surface area (Å²) in [5, 5.41) is 3.19. The highest BCUT2D eigenvalue weighted by Gasteiger charge is 2.37. The van der Waals surface area contributed by atoms with E-state index >= 15 is 0 Å². The van der Waals surface area contributed by atoms with E-state index in [0.29, 0.717) is 18.9 Å². The van der Waals surface area contributed by atoms with Crippen LogP contribution >= 0.6 is 0 Å². The molecule has 114 valence electrons. The van der Waals surface area contributed by atoms with Crippen molar-refractivity contribution in [2.24, 2.45) is 0 Å². The van der Waals surface area contributed by atoms with Crippen molar-refractivity contribution in [2.45, 2.75) is 18.6 Å². The quantitative estimate of drug-likeness (QED) is 0.783. The summed E-state index contributed by atoms with van der Waals surface area (Å²) in [5.41, 5.74) is -0.617. The van der Waals surface area contributed by atoms with Gasteiger partial charge < -0.3 is 15.1 Å². The second-order valence-corrected chi connectivity index (χ2v) is 5.27. The summed E-state index contributed by atoms with van der Waals surface area (Å²) in [4.78, 5) is 19.4. The third-order valence-electron chi connectivity index (χ3n) is 3.94. The zero-order valence-electron chi connectivity index (χ0n) is 11.4. The number of carbonyl (C=O) groups excluding carboxylic acids is 1. The third kappa shape index (κ3) is 2.44. The molecular weight excluding hydrogens is 285 g/mol. The van der Waals surface area contributed by atoms with Gasteiger partial charge in [-0.1, -0.05) is 0 Å². The largest absolute Gasteiger partial charge is 0.417 e. The second kappa shape index (κ2) is 4.87. The lowest BCUT2D eigenvalue weighted by Crippen LogP contribution is -2.52. The van der Waals surface area contributed by atoms with E-state index in [1.165, 1.54) is 11.9 Å². The maximum Gasteiger partial charge on any atom is 0.417 e. The van der Waals surface area contributed by atoms with E-state index in [0.717, 1.165) is 18.8 Å². The predicted molar refractivity (Wildman–Crippen MR) is 71.3 cm³/mol. The number of alkyl halides is 3. The molecule has 8 heteroatoms. The van der Waals surface area contributed by atoms with Gasteiger partial charge in [0, 0.05) is 39.3 Å². The Balaban J connectivity index is 2.10. The van der Waals surface area contributed by atoms with Crippen LogP contribution in [0.1, 0.15) is 12.0 Å². The van der Waals surface area contributed by atoms with Gasteiger partial charge in [-0.2, -0.15) is 13.2 Å². The standard InChI is InChI=1S/C13H15F3N4O/c1-19-10-4-8(13(14,15)16)6-18-12(10)20-3-2-17-7-9(20)5-11(19)21/h4,6,9,17H,2-3,5,7H2,1H3. The van der Waals surface area contributed by atoms with Crippen LogP contribution in [0, 0.1) is 0 Å². The van der Waals surface area contributed by atoms with Crippen molar-refractivity contribution < 1.29 is 18.0 Å². The van der Waals surface area contributed by atoms with Gasteiger partial charge in [-0.3, -0.25) is 4.79 Å². The summed E-state index contributed by atoms with van der Waals surface area (Å²) < 4.78 is 38.5. The van der Waals surface area contributed by atoms with Crippen LogP contribution in [0.5, 0.6) is 0 Å². The Hall–Kier alpha value is -1.83. The number of amides is 1. The molecule has 1 amide bonds. The molecule has 5 nitrogen and oxygen atoms in total. The molecule has 21 heavy (non-hydrogen) atoms. The number of rotatable bonds is 0. The number of anilines is 2. The normalized spacial score (nSPS) is 22.7. The van der Waals surface area contributed by atoms with Gasteiger partial charge in [0.25, 0.3) is 0 Å². The molecule has 1 aromatic rings. The summed E-state index contributed by atoms with van der Waals surface area (Å²) in [7, 11) is 1.49. The van der Waals surface area contributed by atoms with Crippen LogP contribution in [-0.2, 0) is 11.0 Å². The van der Waals surface area contributed by atoms with Crippen LogP contribution in [0.3, 0.4) is 0 Å². The van der Waals surface area contributed by atoms with Gasteiger partial charge in [0.05, 0.1) is 17.3 Å².